The minimum absolute atomic E-state index is 0.0121. The Bertz CT molecular complexity index is 1440. The summed E-state index contributed by atoms with van der Waals surface area (Å²) in [5, 5.41) is 3.12. The molecule has 0 spiro atoms. The second-order valence-corrected chi connectivity index (χ2v) is 12.5. The zero-order chi connectivity index (χ0) is 30.8. The number of hydrogen-bond acceptors (Lipinski definition) is 5. The Labute approximate surface area is 253 Å². The lowest BCUT2D eigenvalue weighted by atomic mass is 9.95. The highest BCUT2D eigenvalue weighted by molar-refractivity contribution is 7.92. The molecule has 1 saturated carbocycles. The molecule has 1 aliphatic carbocycles. The molecule has 10 heteroatoms. The van der Waals surface area contributed by atoms with Gasteiger partial charge in [-0.2, -0.15) is 0 Å². The van der Waals surface area contributed by atoms with Crippen molar-refractivity contribution in [1.82, 2.24) is 10.2 Å². The number of halogens is 1. The molecule has 0 unspecified atom stereocenters. The molecular weight excluding hydrogens is 569 g/mol. The topological polar surface area (TPSA) is 96.0 Å². The van der Waals surface area contributed by atoms with Gasteiger partial charge >= 0.3 is 0 Å². The lowest BCUT2D eigenvalue weighted by Gasteiger charge is -2.34. The molecule has 0 bridgehead atoms. The number of amides is 2. The number of sulfonamides is 1. The average molecular weight is 610 g/mol. The average Bonchev–Trinajstić information content (AvgIpc) is 3.02. The first-order chi connectivity index (χ1) is 20.7. The highest BCUT2D eigenvalue weighted by Crippen LogP contribution is 2.27. The lowest BCUT2D eigenvalue weighted by molar-refractivity contribution is -0.140. The maximum Gasteiger partial charge on any atom is 0.264 e. The molecule has 1 N–H and O–H groups in total. The largest absolute Gasteiger partial charge is 0.494 e. The zero-order valence-corrected chi connectivity index (χ0v) is 25.6. The molecule has 2 amide bonds. The van der Waals surface area contributed by atoms with Crippen LogP contribution in [0.5, 0.6) is 5.75 Å². The van der Waals surface area contributed by atoms with Crippen LogP contribution in [0.1, 0.15) is 57.9 Å². The van der Waals surface area contributed by atoms with Crippen molar-refractivity contribution in [2.75, 3.05) is 17.5 Å². The van der Waals surface area contributed by atoms with Gasteiger partial charge in [0.05, 0.1) is 17.2 Å². The van der Waals surface area contributed by atoms with Crippen LogP contribution in [0.4, 0.5) is 10.1 Å². The smallest absolute Gasteiger partial charge is 0.264 e. The van der Waals surface area contributed by atoms with E-state index in [1.807, 2.05) is 13.8 Å². The molecule has 0 heterocycles. The summed E-state index contributed by atoms with van der Waals surface area (Å²) in [4.78, 5) is 29.2. The number of carbonyl (C=O) groups excluding carboxylic acids is 2. The van der Waals surface area contributed by atoms with Gasteiger partial charge in [0.2, 0.25) is 11.8 Å². The van der Waals surface area contributed by atoms with Gasteiger partial charge in [-0.1, -0.05) is 56.5 Å². The van der Waals surface area contributed by atoms with E-state index < -0.39 is 34.3 Å². The van der Waals surface area contributed by atoms with Gasteiger partial charge in [-0.15, -0.1) is 0 Å². The number of benzene rings is 3. The van der Waals surface area contributed by atoms with Crippen molar-refractivity contribution in [3.63, 3.8) is 0 Å². The molecule has 230 valence electrons. The predicted molar refractivity (Wildman–Crippen MR) is 165 cm³/mol. The molecule has 3 aromatic carbocycles. The Kier molecular flexibility index (Phi) is 11.2. The van der Waals surface area contributed by atoms with E-state index in [2.05, 4.69) is 5.32 Å². The summed E-state index contributed by atoms with van der Waals surface area (Å²) < 4.78 is 48.2. The summed E-state index contributed by atoms with van der Waals surface area (Å²) >= 11 is 0. The Hall–Kier alpha value is -3.92. The molecule has 1 fully saturated rings. The van der Waals surface area contributed by atoms with Crippen LogP contribution in [0.25, 0.3) is 0 Å². The van der Waals surface area contributed by atoms with Crippen molar-refractivity contribution >= 4 is 27.5 Å². The summed E-state index contributed by atoms with van der Waals surface area (Å²) in [6.45, 7) is 3.59. The van der Waals surface area contributed by atoms with E-state index in [-0.39, 0.29) is 29.1 Å². The molecule has 8 nitrogen and oxygen atoms in total. The SMILES string of the molecule is CCOc1ccc(N(CC(=O)N(Cc2ccc(F)cc2)[C@H](CC)C(=O)NC2CCCCC2)S(=O)(=O)c2ccccc2)cc1. The van der Waals surface area contributed by atoms with Gasteiger partial charge in [0.25, 0.3) is 10.0 Å². The third-order valence-corrected chi connectivity index (χ3v) is 9.44. The summed E-state index contributed by atoms with van der Waals surface area (Å²) in [5.41, 5.74) is 0.902. The van der Waals surface area contributed by atoms with E-state index in [9.17, 15) is 22.4 Å². The van der Waals surface area contributed by atoms with Crippen LogP contribution in [-0.2, 0) is 26.2 Å². The molecule has 1 atom stereocenters. The monoisotopic (exact) mass is 609 g/mol. The lowest BCUT2D eigenvalue weighted by Crippen LogP contribution is -2.54. The standard InChI is InChI=1S/C33H40FN3O5S/c1-3-31(33(39)35-27-11-7-5-8-12-27)36(23-25-15-17-26(34)18-16-25)32(38)24-37(28-19-21-29(22-20-28)42-4-2)43(40,41)30-13-9-6-10-14-30/h6,9-10,13-22,27,31H,3-5,7-8,11-12,23-24H2,1-2H3,(H,35,39)/t31-/m1/s1. The zero-order valence-electron chi connectivity index (χ0n) is 24.7. The highest BCUT2D eigenvalue weighted by Gasteiger charge is 2.34. The number of nitrogens with zero attached hydrogens (tertiary/aromatic N) is 2. The number of anilines is 1. The Morgan fingerprint density at radius 1 is 0.930 bits per heavy atom. The quantitative estimate of drug-likeness (QED) is 0.269. The van der Waals surface area contributed by atoms with Crippen LogP contribution in [-0.4, -0.2) is 50.4 Å². The molecule has 3 aromatic rings. The third-order valence-electron chi connectivity index (χ3n) is 7.65. The van der Waals surface area contributed by atoms with Gasteiger partial charge in [0, 0.05) is 12.6 Å². The molecule has 0 radical (unpaired) electrons. The van der Waals surface area contributed by atoms with Crippen LogP contribution < -0.4 is 14.4 Å². The van der Waals surface area contributed by atoms with Crippen molar-refractivity contribution in [1.29, 1.82) is 0 Å². The Morgan fingerprint density at radius 2 is 1.58 bits per heavy atom. The van der Waals surface area contributed by atoms with Crippen LogP contribution in [0.2, 0.25) is 0 Å². The first kappa shape index (κ1) is 32.0. The van der Waals surface area contributed by atoms with Crippen molar-refractivity contribution in [3.05, 3.63) is 90.2 Å². The van der Waals surface area contributed by atoms with Crippen molar-refractivity contribution in [3.8, 4) is 5.75 Å². The number of rotatable bonds is 13. The van der Waals surface area contributed by atoms with Gasteiger partial charge in [-0.05, 0) is 80.3 Å². The van der Waals surface area contributed by atoms with Gasteiger partial charge in [-0.3, -0.25) is 13.9 Å². The summed E-state index contributed by atoms with van der Waals surface area (Å²) in [6.07, 6.45) is 5.29. The highest BCUT2D eigenvalue weighted by atomic mass is 32.2. The molecule has 0 aromatic heterocycles. The van der Waals surface area contributed by atoms with Gasteiger partial charge in [0.1, 0.15) is 24.2 Å². The van der Waals surface area contributed by atoms with Gasteiger partial charge in [0.15, 0.2) is 0 Å². The molecule has 1 aliphatic rings. The number of hydrogen-bond donors (Lipinski definition) is 1. The van der Waals surface area contributed by atoms with Crippen LogP contribution in [0.15, 0.2) is 83.8 Å². The molecular formula is C33H40FN3O5S. The normalized spacial score (nSPS) is 14.5. The molecule has 0 saturated heterocycles. The van der Waals surface area contributed by atoms with Crippen LogP contribution in [0.3, 0.4) is 0 Å². The molecule has 4 rings (SSSR count). The molecule has 43 heavy (non-hydrogen) atoms. The Morgan fingerprint density at radius 3 is 2.19 bits per heavy atom. The van der Waals surface area contributed by atoms with E-state index in [1.54, 1.807) is 54.6 Å². The Balaban J connectivity index is 1.69. The fourth-order valence-electron chi connectivity index (χ4n) is 5.37. The van der Waals surface area contributed by atoms with E-state index >= 15 is 0 Å². The van der Waals surface area contributed by atoms with Crippen molar-refractivity contribution < 1.29 is 27.1 Å². The fourth-order valence-corrected chi connectivity index (χ4v) is 6.81. The van der Waals surface area contributed by atoms with Crippen molar-refractivity contribution in [2.45, 2.75) is 75.9 Å². The van der Waals surface area contributed by atoms with Gasteiger partial charge < -0.3 is 15.0 Å². The summed E-state index contributed by atoms with van der Waals surface area (Å²) in [6, 6.07) is 19.3. The fraction of sp³-hybridized carbons (Fsp3) is 0.394. The maximum absolute atomic E-state index is 14.2. The summed E-state index contributed by atoms with van der Waals surface area (Å²) in [7, 11) is -4.17. The van der Waals surface area contributed by atoms with E-state index in [4.69, 9.17) is 4.74 Å². The number of ether oxygens (including phenoxy) is 1. The minimum Gasteiger partial charge on any atom is -0.494 e. The van der Waals surface area contributed by atoms with E-state index in [0.29, 0.717) is 24.3 Å². The number of nitrogens with one attached hydrogen (secondary N) is 1. The second kappa shape index (κ2) is 15.0. The van der Waals surface area contributed by atoms with E-state index in [1.165, 1.54) is 29.2 Å². The van der Waals surface area contributed by atoms with Crippen molar-refractivity contribution in [2.24, 2.45) is 0 Å². The first-order valence-corrected chi connectivity index (χ1v) is 16.3. The maximum atomic E-state index is 14.2. The first-order valence-electron chi connectivity index (χ1n) is 14.9. The van der Waals surface area contributed by atoms with Gasteiger partial charge in [-0.25, -0.2) is 12.8 Å². The minimum atomic E-state index is -4.17. The van der Waals surface area contributed by atoms with Crippen LogP contribution >= 0.6 is 0 Å². The predicted octanol–water partition coefficient (Wildman–Crippen LogP) is 5.68. The van der Waals surface area contributed by atoms with Crippen LogP contribution in [0, 0.1) is 5.82 Å². The van der Waals surface area contributed by atoms with E-state index in [0.717, 1.165) is 36.4 Å². The number of carbonyl (C=O) groups is 2. The second-order valence-electron chi connectivity index (χ2n) is 10.7. The molecule has 0 aliphatic heterocycles. The third kappa shape index (κ3) is 8.34. The summed E-state index contributed by atoms with van der Waals surface area (Å²) in [5.74, 6) is -0.677.